The second kappa shape index (κ2) is 5.99. The maximum absolute atomic E-state index is 12.8. The van der Waals surface area contributed by atoms with Gasteiger partial charge in [0.1, 0.15) is 16.4 Å². The van der Waals surface area contributed by atoms with Crippen molar-refractivity contribution in [3.63, 3.8) is 0 Å². The zero-order chi connectivity index (χ0) is 14.8. The average molecular weight is 300 g/mol. The minimum atomic E-state index is -3.60. The molecule has 112 valence electrons. The minimum absolute atomic E-state index is 0.0929. The lowest BCUT2D eigenvalue weighted by atomic mass is 10.3. The molecule has 0 radical (unpaired) electrons. The fraction of sp³-hybridized carbons (Fsp3) is 0.538. The SMILES string of the molecule is COc1ccc(OC)c(S(=O)(=O)N2CCNC[C@H]2C)c1. The van der Waals surface area contributed by atoms with Crippen LogP contribution in [-0.2, 0) is 10.0 Å². The van der Waals surface area contributed by atoms with E-state index in [1.807, 2.05) is 6.92 Å². The van der Waals surface area contributed by atoms with Gasteiger partial charge in [0.25, 0.3) is 0 Å². The maximum atomic E-state index is 12.8. The summed E-state index contributed by atoms with van der Waals surface area (Å²) in [6.07, 6.45) is 0. The van der Waals surface area contributed by atoms with Crippen LogP contribution in [0.1, 0.15) is 6.92 Å². The van der Waals surface area contributed by atoms with Crippen LogP contribution in [0, 0.1) is 0 Å². The number of hydrogen-bond donors (Lipinski definition) is 1. The van der Waals surface area contributed by atoms with Crippen LogP contribution >= 0.6 is 0 Å². The van der Waals surface area contributed by atoms with Crippen molar-refractivity contribution in [1.29, 1.82) is 0 Å². The first-order valence-electron chi connectivity index (χ1n) is 6.45. The van der Waals surface area contributed by atoms with Crippen molar-refractivity contribution in [2.24, 2.45) is 0 Å². The highest BCUT2D eigenvalue weighted by Gasteiger charge is 2.33. The summed E-state index contributed by atoms with van der Waals surface area (Å²) >= 11 is 0. The minimum Gasteiger partial charge on any atom is -0.497 e. The van der Waals surface area contributed by atoms with Gasteiger partial charge in [-0.2, -0.15) is 4.31 Å². The second-order valence-electron chi connectivity index (χ2n) is 4.69. The number of nitrogens with zero attached hydrogens (tertiary/aromatic N) is 1. The lowest BCUT2D eigenvalue weighted by Crippen LogP contribution is -2.52. The van der Waals surface area contributed by atoms with Crippen LogP contribution in [0.2, 0.25) is 0 Å². The third kappa shape index (κ3) is 2.74. The molecule has 0 saturated carbocycles. The van der Waals surface area contributed by atoms with Crippen molar-refractivity contribution >= 4 is 10.0 Å². The molecule has 1 aliphatic heterocycles. The van der Waals surface area contributed by atoms with Crippen molar-refractivity contribution in [2.45, 2.75) is 17.9 Å². The highest BCUT2D eigenvalue weighted by molar-refractivity contribution is 7.89. The Labute approximate surface area is 119 Å². The van der Waals surface area contributed by atoms with Crippen LogP contribution in [-0.4, -0.2) is 52.6 Å². The van der Waals surface area contributed by atoms with Gasteiger partial charge in [-0.1, -0.05) is 0 Å². The first kappa shape index (κ1) is 15.1. The summed E-state index contributed by atoms with van der Waals surface area (Å²) in [6.45, 7) is 3.63. The molecule has 1 fully saturated rings. The van der Waals surface area contributed by atoms with Gasteiger partial charge in [-0.25, -0.2) is 8.42 Å². The van der Waals surface area contributed by atoms with E-state index in [-0.39, 0.29) is 10.9 Å². The lowest BCUT2D eigenvalue weighted by molar-refractivity contribution is 0.282. The van der Waals surface area contributed by atoms with E-state index in [1.165, 1.54) is 24.6 Å². The van der Waals surface area contributed by atoms with Gasteiger partial charge in [0.15, 0.2) is 0 Å². The molecule has 1 aliphatic rings. The number of piperazine rings is 1. The third-order valence-corrected chi connectivity index (χ3v) is 5.43. The van der Waals surface area contributed by atoms with Gasteiger partial charge in [-0.3, -0.25) is 0 Å². The van der Waals surface area contributed by atoms with Crippen LogP contribution in [0.5, 0.6) is 11.5 Å². The molecule has 1 heterocycles. The van der Waals surface area contributed by atoms with Gasteiger partial charge >= 0.3 is 0 Å². The Morgan fingerprint density at radius 3 is 2.65 bits per heavy atom. The van der Waals surface area contributed by atoms with Crippen LogP contribution in [0.25, 0.3) is 0 Å². The molecule has 7 heteroatoms. The van der Waals surface area contributed by atoms with Crippen LogP contribution in [0.3, 0.4) is 0 Å². The molecule has 2 rings (SSSR count). The Balaban J connectivity index is 2.47. The summed E-state index contributed by atoms with van der Waals surface area (Å²) in [5.41, 5.74) is 0. The van der Waals surface area contributed by atoms with Crippen molar-refractivity contribution in [2.75, 3.05) is 33.9 Å². The molecule has 0 bridgehead atoms. The average Bonchev–Trinajstić information content (AvgIpc) is 2.46. The quantitative estimate of drug-likeness (QED) is 0.886. The van der Waals surface area contributed by atoms with E-state index in [4.69, 9.17) is 9.47 Å². The monoisotopic (exact) mass is 300 g/mol. The Morgan fingerprint density at radius 2 is 2.05 bits per heavy atom. The third-order valence-electron chi connectivity index (χ3n) is 3.40. The standard InChI is InChI=1S/C13H20N2O4S/c1-10-9-14-6-7-15(10)20(16,17)13-8-11(18-2)4-5-12(13)19-3/h4-5,8,10,14H,6-7,9H2,1-3H3/t10-/m1/s1. The zero-order valence-electron chi connectivity index (χ0n) is 11.9. The van der Waals surface area contributed by atoms with Gasteiger partial charge in [-0.15, -0.1) is 0 Å². The van der Waals surface area contributed by atoms with E-state index in [0.717, 1.165) is 0 Å². The number of ether oxygens (including phenoxy) is 2. The van der Waals surface area contributed by atoms with E-state index in [1.54, 1.807) is 12.1 Å². The Kier molecular flexibility index (Phi) is 4.52. The summed E-state index contributed by atoms with van der Waals surface area (Å²) in [7, 11) is -0.632. The molecule has 0 spiro atoms. The zero-order valence-corrected chi connectivity index (χ0v) is 12.7. The predicted molar refractivity (Wildman–Crippen MR) is 75.8 cm³/mol. The fourth-order valence-electron chi connectivity index (χ4n) is 2.29. The van der Waals surface area contributed by atoms with Gasteiger partial charge in [0.05, 0.1) is 14.2 Å². The van der Waals surface area contributed by atoms with E-state index in [2.05, 4.69) is 5.32 Å². The molecular formula is C13H20N2O4S. The molecule has 0 aliphatic carbocycles. The van der Waals surface area contributed by atoms with Crippen LogP contribution < -0.4 is 14.8 Å². The van der Waals surface area contributed by atoms with E-state index in [9.17, 15) is 8.42 Å². The van der Waals surface area contributed by atoms with Crippen LogP contribution in [0.4, 0.5) is 0 Å². The van der Waals surface area contributed by atoms with Crippen LogP contribution in [0.15, 0.2) is 23.1 Å². The lowest BCUT2D eigenvalue weighted by Gasteiger charge is -2.33. The second-order valence-corrected chi connectivity index (χ2v) is 6.54. The predicted octanol–water partition coefficient (Wildman–Crippen LogP) is 0.686. The smallest absolute Gasteiger partial charge is 0.247 e. The van der Waals surface area contributed by atoms with Crippen molar-refractivity contribution < 1.29 is 17.9 Å². The topological polar surface area (TPSA) is 67.9 Å². The number of benzene rings is 1. The largest absolute Gasteiger partial charge is 0.497 e. The summed E-state index contributed by atoms with van der Waals surface area (Å²) < 4.78 is 37.4. The van der Waals surface area contributed by atoms with Gasteiger partial charge < -0.3 is 14.8 Å². The fourth-order valence-corrected chi connectivity index (χ4v) is 4.09. The van der Waals surface area contributed by atoms with E-state index in [0.29, 0.717) is 31.1 Å². The molecule has 0 aromatic heterocycles. The first-order valence-corrected chi connectivity index (χ1v) is 7.89. The number of nitrogens with one attached hydrogen (secondary N) is 1. The number of rotatable bonds is 4. The summed E-state index contributed by atoms with van der Waals surface area (Å²) in [5, 5.41) is 3.18. The van der Waals surface area contributed by atoms with Crippen molar-refractivity contribution in [3.05, 3.63) is 18.2 Å². The normalized spacial score (nSPS) is 20.6. The van der Waals surface area contributed by atoms with E-state index >= 15 is 0 Å². The van der Waals surface area contributed by atoms with Gasteiger partial charge in [-0.05, 0) is 19.1 Å². The molecule has 6 nitrogen and oxygen atoms in total. The van der Waals surface area contributed by atoms with Gasteiger partial charge in [0, 0.05) is 31.7 Å². The Morgan fingerprint density at radius 1 is 1.30 bits per heavy atom. The molecule has 0 amide bonds. The molecule has 1 N–H and O–H groups in total. The number of methoxy groups -OCH3 is 2. The Hall–Kier alpha value is -1.31. The number of sulfonamides is 1. The maximum Gasteiger partial charge on any atom is 0.247 e. The number of hydrogen-bond acceptors (Lipinski definition) is 5. The highest BCUT2D eigenvalue weighted by atomic mass is 32.2. The van der Waals surface area contributed by atoms with Crippen molar-refractivity contribution in [1.82, 2.24) is 9.62 Å². The summed E-state index contributed by atoms with van der Waals surface area (Å²) in [4.78, 5) is 0.146. The molecule has 20 heavy (non-hydrogen) atoms. The molecular weight excluding hydrogens is 280 g/mol. The van der Waals surface area contributed by atoms with Crippen molar-refractivity contribution in [3.8, 4) is 11.5 Å². The molecule has 0 unspecified atom stereocenters. The molecule has 1 atom stereocenters. The molecule has 1 aromatic rings. The first-order chi connectivity index (χ1) is 9.50. The summed E-state index contributed by atoms with van der Waals surface area (Å²) in [6, 6.07) is 4.70. The Bertz CT molecular complexity index is 574. The van der Waals surface area contributed by atoms with E-state index < -0.39 is 10.0 Å². The van der Waals surface area contributed by atoms with Gasteiger partial charge in [0.2, 0.25) is 10.0 Å². The highest BCUT2D eigenvalue weighted by Crippen LogP contribution is 2.31. The molecule has 1 saturated heterocycles. The summed E-state index contributed by atoms with van der Waals surface area (Å²) in [5.74, 6) is 0.823. The molecule has 1 aromatic carbocycles.